The molecule has 0 rings (SSSR count). The zero-order chi connectivity index (χ0) is 16.1. The molecule has 0 saturated heterocycles. The highest BCUT2D eigenvalue weighted by atomic mass is 19.4. The van der Waals surface area contributed by atoms with Crippen molar-refractivity contribution in [1.29, 1.82) is 0 Å². The Morgan fingerprint density at radius 3 is 1.21 bits per heavy atom. The summed E-state index contributed by atoms with van der Waals surface area (Å²) in [6, 6.07) is 0. The minimum absolute atomic E-state index is 0.268. The Labute approximate surface area is 99.3 Å². The van der Waals surface area contributed by atoms with Gasteiger partial charge in [-0.05, 0) is 6.92 Å². The van der Waals surface area contributed by atoms with E-state index in [2.05, 4.69) is 11.5 Å². The first-order valence-corrected chi connectivity index (χ1v) is 4.36. The summed E-state index contributed by atoms with van der Waals surface area (Å²) < 4.78 is 126. The summed E-state index contributed by atoms with van der Waals surface area (Å²) in [7, 11) is 0. The van der Waals surface area contributed by atoms with E-state index in [0.717, 1.165) is 0 Å². The maximum atomic E-state index is 12.8. The lowest BCUT2D eigenvalue weighted by Crippen LogP contribution is -2.74. The molecule has 0 heterocycles. The SMILES string of the molecule is CC(F)C(F)(F)C(F)(F)C(F)(F)C(F)(F)C(N)(N)F. The van der Waals surface area contributed by atoms with Gasteiger partial charge < -0.3 is 0 Å². The van der Waals surface area contributed by atoms with E-state index in [4.69, 9.17) is 0 Å². The van der Waals surface area contributed by atoms with Crippen molar-refractivity contribution in [2.24, 2.45) is 11.5 Å². The highest BCUT2D eigenvalue weighted by molar-refractivity contribution is 5.09. The minimum Gasteiger partial charge on any atom is -0.281 e. The Hall–Kier alpha value is -0.780. The first kappa shape index (κ1) is 18.2. The van der Waals surface area contributed by atoms with E-state index in [-0.39, 0.29) is 6.92 Å². The Morgan fingerprint density at radius 1 is 0.684 bits per heavy atom. The normalized spacial score (nSPS) is 17.5. The van der Waals surface area contributed by atoms with Crippen molar-refractivity contribution < 1.29 is 43.9 Å². The molecule has 0 radical (unpaired) electrons. The first-order valence-electron chi connectivity index (χ1n) is 4.36. The molecule has 0 aromatic heterocycles. The lowest BCUT2D eigenvalue weighted by atomic mass is 9.94. The lowest BCUT2D eigenvalue weighted by Gasteiger charge is -2.39. The van der Waals surface area contributed by atoms with Gasteiger partial charge in [0.1, 0.15) is 0 Å². The molecule has 0 aromatic rings. The van der Waals surface area contributed by atoms with Crippen LogP contribution in [0.5, 0.6) is 0 Å². The molecule has 0 aliphatic heterocycles. The summed E-state index contributed by atoms with van der Waals surface area (Å²) in [4.78, 5) is 0. The highest BCUT2D eigenvalue weighted by Crippen LogP contribution is 2.55. The van der Waals surface area contributed by atoms with Gasteiger partial charge in [0.25, 0.3) is 5.92 Å². The van der Waals surface area contributed by atoms with E-state index >= 15 is 0 Å². The molecule has 116 valence electrons. The van der Waals surface area contributed by atoms with Crippen LogP contribution in [0.3, 0.4) is 0 Å². The maximum Gasteiger partial charge on any atom is 0.384 e. The van der Waals surface area contributed by atoms with Crippen LogP contribution in [-0.4, -0.2) is 35.8 Å². The van der Waals surface area contributed by atoms with Crippen LogP contribution >= 0.6 is 0 Å². The maximum absolute atomic E-state index is 12.8. The minimum atomic E-state index is -7.04. The molecule has 0 fully saturated rings. The van der Waals surface area contributed by atoms with Crippen molar-refractivity contribution in [1.82, 2.24) is 0 Å². The number of nitrogens with two attached hydrogens (primary N) is 2. The molecule has 1 unspecified atom stereocenters. The van der Waals surface area contributed by atoms with Crippen LogP contribution < -0.4 is 11.5 Å². The molecule has 0 spiro atoms. The van der Waals surface area contributed by atoms with Crippen LogP contribution in [0.2, 0.25) is 0 Å². The smallest absolute Gasteiger partial charge is 0.281 e. The molecule has 19 heavy (non-hydrogen) atoms. The fraction of sp³-hybridized carbons (Fsp3) is 1.00. The number of hydrogen-bond acceptors (Lipinski definition) is 2. The molecule has 0 amide bonds. The van der Waals surface area contributed by atoms with Crippen LogP contribution in [0.1, 0.15) is 6.92 Å². The Morgan fingerprint density at radius 2 is 1.00 bits per heavy atom. The van der Waals surface area contributed by atoms with E-state index in [1.807, 2.05) is 0 Å². The van der Waals surface area contributed by atoms with Gasteiger partial charge in [0.15, 0.2) is 6.17 Å². The second kappa shape index (κ2) is 4.36. The fourth-order valence-corrected chi connectivity index (χ4v) is 0.897. The molecular weight excluding hydrogens is 302 g/mol. The molecule has 0 aromatic carbocycles. The molecule has 0 saturated carbocycles. The van der Waals surface area contributed by atoms with E-state index in [1.54, 1.807) is 0 Å². The van der Waals surface area contributed by atoms with Gasteiger partial charge in [0.05, 0.1) is 0 Å². The van der Waals surface area contributed by atoms with Crippen LogP contribution in [0.25, 0.3) is 0 Å². The molecule has 4 N–H and O–H groups in total. The van der Waals surface area contributed by atoms with Crippen LogP contribution in [0, 0.1) is 0 Å². The quantitative estimate of drug-likeness (QED) is 0.465. The van der Waals surface area contributed by atoms with Crippen molar-refractivity contribution in [3.05, 3.63) is 0 Å². The molecule has 0 aliphatic carbocycles. The number of alkyl halides is 10. The molecule has 0 aliphatic rings. The molecule has 0 bridgehead atoms. The van der Waals surface area contributed by atoms with Crippen LogP contribution in [0.15, 0.2) is 0 Å². The fourth-order valence-electron chi connectivity index (χ4n) is 0.897. The average Bonchev–Trinajstić information content (AvgIpc) is 2.14. The largest absolute Gasteiger partial charge is 0.384 e. The van der Waals surface area contributed by atoms with Crippen LogP contribution in [-0.2, 0) is 0 Å². The summed E-state index contributed by atoms with van der Waals surface area (Å²) >= 11 is 0. The van der Waals surface area contributed by atoms with Gasteiger partial charge in [-0.3, -0.25) is 11.5 Å². The summed E-state index contributed by atoms with van der Waals surface area (Å²) in [5.41, 5.74) is 7.45. The Balaban J connectivity index is 5.92. The van der Waals surface area contributed by atoms with Crippen molar-refractivity contribution >= 4 is 0 Å². The van der Waals surface area contributed by atoms with E-state index in [1.165, 1.54) is 0 Å². The Bertz CT molecular complexity index is 331. The highest BCUT2D eigenvalue weighted by Gasteiger charge is 2.85. The van der Waals surface area contributed by atoms with Gasteiger partial charge in [0.2, 0.25) is 0 Å². The van der Waals surface area contributed by atoms with E-state index < -0.39 is 35.8 Å². The second-order valence-electron chi connectivity index (χ2n) is 3.73. The third kappa shape index (κ3) is 2.35. The molecule has 1 atom stereocenters. The summed E-state index contributed by atoms with van der Waals surface area (Å²) in [6.45, 7) is -0.268. The zero-order valence-electron chi connectivity index (χ0n) is 9.01. The topological polar surface area (TPSA) is 52.0 Å². The third-order valence-electron chi connectivity index (χ3n) is 2.19. The van der Waals surface area contributed by atoms with Gasteiger partial charge >= 0.3 is 23.7 Å². The monoisotopic (exact) mass is 310 g/mol. The van der Waals surface area contributed by atoms with Crippen molar-refractivity contribution in [3.8, 4) is 0 Å². The van der Waals surface area contributed by atoms with Gasteiger partial charge in [-0.25, -0.2) is 8.78 Å². The molecule has 12 heteroatoms. The van der Waals surface area contributed by atoms with Gasteiger partial charge in [-0.15, -0.1) is 0 Å². The van der Waals surface area contributed by atoms with Gasteiger partial charge in [-0.1, -0.05) is 0 Å². The number of halogens is 10. The van der Waals surface area contributed by atoms with Gasteiger partial charge in [-0.2, -0.15) is 35.1 Å². The van der Waals surface area contributed by atoms with E-state index in [9.17, 15) is 43.9 Å². The van der Waals surface area contributed by atoms with E-state index in [0.29, 0.717) is 0 Å². The average molecular weight is 310 g/mol. The number of hydrogen-bond donors (Lipinski definition) is 2. The third-order valence-corrected chi connectivity index (χ3v) is 2.19. The summed E-state index contributed by atoms with van der Waals surface area (Å²) in [5.74, 6) is -32.0. The lowest BCUT2D eigenvalue weighted by molar-refractivity contribution is -0.393. The summed E-state index contributed by atoms with van der Waals surface area (Å²) in [6.07, 6.45) is -3.92. The Kier molecular flexibility index (Phi) is 4.18. The summed E-state index contributed by atoms with van der Waals surface area (Å²) in [5, 5.41) is 0. The second-order valence-corrected chi connectivity index (χ2v) is 3.73. The molecular formula is C7H8F10N2. The van der Waals surface area contributed by atoms with Crippen molar-refractivity contribution in [2.75, 3.05) is 0 Å². The first-order chi connectivity index (χ1) is 7.94. The van der Waals surface area contributed by atoms with Crippen LogP contribution in [0.4, 0.5) is 43.9 Å². The predicted octanol–water partition coefficient (Wildman–Crippen LogP) is 2.43. The standard InChI is InChI=1S/C7H8F10N2/c1-2(8)3(9,10)4(11,12)5(13,14)6(15,16)7(17,18)19/h2H,18-19H2,1H3. The van der Waals surface area contributed by atoms with Crippen molar-refractivity contribution in [2.45, 2.75) is 42.7 Å². The van der Waals surface area contributed by atoms with Gasteiger partial charge in [0, 0.05) is 0 Å². The zero-order valence-corrected chi connectivity index (χ0v) is 9.01. The number of rotatable bonds is 5. The van der Waals surface area contributed by atoms with Crippen molar-refractivity contribution in [3.63, 3.8) is 0 Å². The predicted molar refractivity (Wildman–Crippen MR) is 42.6 cm³/mol. The molecule has 2 nitrogen and oxygen atoms in total.